The van der Waals surface area contributed by atoms with Crippen LogP contribution in [-0.4, -0.2) is 49.4 Å². The second kappa shape index (κ2) is 7.45. The van der Waals surface area contributed by atoms with Gasteiger partial charge in [0.2, 0.25) is 0 Å². The summed E-state index contributed by atoms with van der Waals surface area (Å²) in [5.41, 5.74) is 1.77. The molecule has 140 valence electrons. The summed E-state index contributed by atoms with van der Waals surface area (Å²) in [7, 11) is 0. The number of nitrogens with one attached hydrogen (secondary N) is 1. The molecule has 26 heavy (non-hydrogen) atoms. The average molecular weight is 377 g/mol. The normalized spacial score (nSPS) is 18.1. The Bertz CT molecular complexity index is 815. The molecule has 3 heterocycles. The molecule has 1 saturated heterocycles. The van der Waals surface area contributed by atoms with Gasteiger partial charge in [-0.15, -0.1) is 0 Å². The molecular weight excluding hydrogens is 354 g/mol. The Balaban J connectivity index is 1.75. The molecule has 1 unspecified atom stereocenters. The van der Waals surface area contributed by atoms with Crippen molar-refractivity contribution in [3.63, 3.8) is 0 Å². The zero-order chi connectivity index (χ0) is 18.8. The van der Waals surface area contributed by atoms with Gasteiger partial charge in [0, 0.05) is 24.3 Å². The monoisotopic (exact) mass is 377 g/mol. The number of nitrogens with zero attached hydrogens (tertiary/aromatic N) is 4. The van der Waals surface area contributed by atoms with Gasteiger partial charge >= 0.3 is 12.0 Å². The molecule has 2 aromatic heterocycles. The molecular formula is C17H23N5O3S. The van der Waals surface area contributed by atoms with E-state index in [1.165, 1.54) is 16.2 Å². The molecule has 2 amide bonds. The van der Waals surface area contributed by atoms with Crippen LogP contribution in [0.3, 0.4) is 0 Å². The van der Waals surface area contributed by atoms with Crippen molar-refractivity contribution in [2.45, 2.75) is 52.1 Å². The molecule has 0 spiro atoms. The van der Waals surface area contributed by atoms with E-state index in [2.05, 4.69) is 29.2 Å². The number of likely N-dealkylation sites (tertiary alicyclic amines) is 1. The van der Waals surface area contributed by atoms with Gasteiger partial charge in [-0.1, -0.05) is 18.3 Å². The first-order valence-corrected chi connectivity index (χ1v) is 9.54. The van der Waals surface area contributed by atoms with Gasteiger partial charge in [0.25, 0.3) is 0 Å². The van der Waals surface area contributed by atoms with Gasteiger partial charge in [-0.05, 0) is 33.1 Å². The molecule has 1 fully saturated rings. The third-order valence-electron chi connectivity index (χ3n) is 4.72. The summed E-state index contributed by atoms with van der Waals surface area (Å²) >= 11 is 1.37. The van der Waals surface area contributed by atoms with Gasteiger partial charge in [-0.25, -0.2) is 14.6 Å². The van der Waals surface area contributed by atoms with E-state index in [0.29, 0.717) is 30.6 Å². The van der Waals surface area contributed by atoms with E-state index in [1.54, 1.807) is 6.20 Å². The topological polar surface area (TPSA) is 100 Å². The lowest BCUT2D eigenvalue weighted by molar-refractivity contribution is -0.141. The molecule has 0 radical (unpaired) electrons. The Hall–Kier alpha value is -2.42. The number of rotatable bonds is 5. The van der Waals surface area contributed by atoms with Gasteiger partial charge in [0.15, 0.2) is 5.13 Å². The summed E-state index contributed by atoms with van der Waals surface area (Å²) in [5.74, 6) is -0.967. The Morgan fingerprint density at radius 3 is 2.96 bits per heavy atom. The van der Waals surface area contributed by atoms with Crippen LogP contribution in [0.4, 0.5) is 9.93 Å². The Morgan fingerprint density at radius 2 is 2.27 bits per heavy atom. The largest absolute Gasteiger partial charge is 0.480 e. The first kappa shape index (κ1) is 18.4. The highest BCUT2D eigenvalue weighted by Gasteiger charge is 2.34. The Kier molecular flexibility index (Phi) is 5.26. The molecule has 3 rings (SSSR count). The van der Waals surface area contributed by atoms with Crippen LogP contribution >= 0.6 is 11.3 Å². The third-order valence-corrected chi connectivity index (χ3v) is 5.84. The van der Waals surface area contributed by atoms with Crippen LogP contribution in [0, 0.1) is 6.92 Å². The molecule has 1 aliphatic heterocycles. The number of hydrogen-bond acceptors (Lipinski definition) is 5. The lowest BCUT2D eigenvalue weighted by atomic mass is 10.2. The summed E-state index contributed by atoms with van der Waals surface area (Å²) in [6.45, 7) is 6.55. The van der Waals surface area contributed by atoms with Gasteiger partial charge in [0.05, 0.1) is 16.8 Å². The SMILES string of the molecule is CCC(C)n1cc(-c2sc(NC(=O)N3CCC[C@H]3C(=O)O)nc2C)cn1. The fraction of sp³-hybridized carbons (Fsp3) is 0.529. The molecule has 0 aromatic carbocycles. The summed E-state index contributed by atoms with van der Waals surface area (Å²) in [4.78, 5) is 30.4. The molecule has 2 atom stereocenters. The highest BCUT2D eigenvalue weighted by Crippen LogP contribution is 2.33. The number of carbonyl (C=O) groups excluding carboxylic acids is 1. The fourth-order valence-corrected chi connectivity index (χ4v) is 3.96. The number of aromatic nitrogens is 3. The maximum Gasteiger partial charge on any atom is 0.326 e. The molecule has 9 heteroatoms. The standard InChI is InChI=1S/C17H23N5O3S/c1-4-10(2)22-9-12(8-18-22)14-11(3)19-16(26-14)20-17(25)21-7-5-6-13(21)15(23)24/h8-10,13H,4-7H2,1-3H3,(H,23,24)(H,19,20,25)/t10?,13-/m0/s1. The smallest absolute Gasteiger partial charge is 0.326 e. The van der Waals surface area contributed by atoms with Crippen molar-refractivity contribution in [2.24, 2.45) is 0 Å². The molecule has 2 aromatic rings. The minimum absolute atomic E-state index is 0.319. The third kappa shape index (κ3) is 3.57. The zero-order valence-electron chi connectivity index (χ0n) is 15.1. The van der Waals surface area contributed by atoms with Crippen LogP contribution in [-0.2, 0) is 4.79 Å². The quantitative estimate of drug-likeness (QED) is 0.832. The summed E-state index contributed by atoms with van der Waals surface area (Å²) in [6, 6.07) is -0.853. The predicted octanol–water partition coefficient (Wildman–Crippen LogP) is 3.37. The number of carboxylic acids is 1. The lowest BCUT2D eigenvalue weighted by Gasteiger charge is -2.20. The van der Waals surface area contributed by atoms with Gasteiger partial charge in [0.1, 0.15) is 6.04 Å². The lowest BCUT2D eigenvalue weighted by Crippen LogP contribution is -2.42. The van der Waals surface area contributed by atoms with E-state index >= 15 is 0 Å². The summed E-state index contributed by atoms with van der Waals surface area (Å²) in [5, 5.41) is 16.8. The van der Waals surface area contributed by atoms with E-state index in [4.69, 9.17) is 0 Å². The summed E-state index contributed by atoms with van der Waals surface area (Å²) in [6.07, 6.45) is 5.96. The summed E-state index contributed by atoms with van der Waals surface area (Å²) < 4.78 is 1.93. The maximum absolute atomic E-state index is 12.4. The average Bonchev–Trinajstić information content (AvgIpc) is 3.32. The molecule has 8 nitrogen and oxygen atoms in total. The van der Waals surface area contributed by atoms with E-state index in [9.17, 15) is 14.7 Å². The number of aliphatic carboxylic acids is 1. The van der Waals surface area contributed by atoms with Crippen LogP contribution in [0.2, 0.25) is 0 Å². The fourth-order valence-electron chi connectivity index (χ4n) is 3.03. The first-order valence-electron chi connectivity index (χ1n) is 8.73. The van der Waals surface area contributed by atoms with Gasteiger partial charge in [-0.2, -0.15) is 5.10 Å². The second-order valence-corrected chi connectivity index (χ2v) is 7.52. The number of urea groups is 1. The number of carboxylic acid groups (broad SMARTS) is 1. The Morgan fingerprint density at radius 1 is 1.50 bits per heavy atom. The minimum atomic E-state index is -0.967. The van der Waals surface area contributed by atoms with Crippen molar-refractivity contribution in [1.29, 1.82) is 0 Å². The van der Waals surface area contributed by atoms with Crippen molar-refractivity contribution in [3.05, 3.63) is 18.1 Å². The van der Waals surface area contributed by atoms with Crippen LogP contribution < -0.4 is 5.32 Å². The number of thiazole rings is 1. The molecule has 0 aliphatic carbocycles. The molecule has 1 aliphatic rings. The van der Waals surface area contributed by atoms with Crippen LogP contribution in [0.5, 0.6) is 0 Å². The minimum Gasteiger partial charge on any atom is -0.480 e. The van der Waals surface area contributed by atoms with Crippen LogP contribution in [0.1, 0.15) is 44.8 Å². The number of amides is 2. The number of hydrogen-bond donors (Lipinski definition) is 2. The highest BCUT2D eigenvalue weighted by atomic mass is 32.1. The van der Waals surface area contributed by atoms with E-state index in [-0.39, 0.29) is 0 Å². The van der Waals surface area contributed by atoms with Crippen molar-refractivity contribution >= 4 is 28.5 Å². The number of carbonyl (C=O) groups is 2. The van der Waals surface area contributed by atoms with Crippen molar-refractivity contribution in [3.8, 4) is 10.4 Å². The van der Waals surface area contributed by atoms with E-state index < -0.39 is 18.0 Å². The maximum atomic E-state index is 12.4. The Labute approximate surface area is 155 Å². The van der Waals surface area contributed by atoms with Crippen molar-refractivity contribution in [1.82, 2.24) is 19.7 Å². The van der Waals surface area contributed by atoms with Gasteiger partial charge < -0.3 is 10.0 Å². The zero-order valence-corrected chi connectivity index (χ0v) is 15.9. The first-order chi connectivity index (χ1) is 12.4. The highest BCUT2D eigenvalue weighted by molar-refractivity contribution is 7.19. The van der Waals surface area contributed by atoms with Crippen LogP contribution in [0.15, 0.2) is 12.4 Å². The van der Waals surface area contributed by atoms with Crippen molar-refractivity contribution in [2.75, 3.05) is 11.9 Å². The second-order valence-electron chi connectivity index (χ2n) is 6.52. The van der Waals surface area contributed by atoms with E-state index in [1.807, 2.05) is 17.8 Å². The molecule has 0 saturated carbocycles. The molecule has 2 N–H and O–H groups in total. The van der Waals surface area contributed by atoms with E-state index in [0.717, 1.165) is 22.6 Å². The number of aryl methyl sites for hydroxylation is 1. The van der Waals surface area contributed by atoms with Gasteiger partial charge in [-0.3, -0.25) is 10.00 Å². The number of anilines is 1. The predicted molar refractivity (Wildman–Crippen MR) is 99.5 cm³/mol. The molecule has 0 bridgehead atoms. The van der Waals surface area contributed by atoms with Crippen LogP contribution in [0.25, 0.3) is 10.4 Å². The van der Waals surface area contributed by atoms with Crippen molar-refractivity contribution < 1.29 is 14.7 Å².